The van der Waals surface area contributed by atoms with E-state index in [9.17, 15) is 0 Å². The Balaban J connectivity index is 3.60. The van der Waals surface area contributed by atoms with Gasteiger partial charge in [-0.25, -0.2) is 0 Å². The Morgan fingerprint density at radius 1 is 1.73 bits per heavy atom. The second-order valence-electron chi connectivity index (χ2n) is 2.24. The smallest absolute Gasteiger partial charge is 0.0965 e. The summed E-state index contributed by atoms with van der Waals surface area (Å²) in [5.74, 6) is 0. The summed E-state index contributed by atoms with van der Waals surface area (Å²) >= 11 is 0. The van der Waals surface area contributed by atoms with Gasteiger partial charge < -0.3 is 15.9 Å². The van der Waals surface area contributed by atoms with Gasteiger partial charge >= 0.3 is 0 Å². The van der Waals surface area contributed by atoms with Crippen LogP contribution >= 0.6 is 0 Å². The van der Waals surface area contributed by atoms with Gasteiger partial charge in [0, 0.05) is 6.21 Å². The van der Waals surface area contributed by atoms with Gasteiger partial charge in [0.2, 0.25) is 0 Å². The summed E-state index contributed by atoms with van der Waals surface area (Å²) in [6, 6.07) is 0. The van der Waals surface area contributed by atoms with Crippen molar-refractivity contribution >= 4 is 6.21 Å². The standard InChI is InChI=1S/C7H14N2O2/c1-6(2-8)3-9-4-7(11)5-10/h2-3,7,10-11H,4-5,8H2,1H3/t7-/m0/s1. The number of aliphatic imine (C=N–C) groups is 1. The van der Waals surface area contributed by atoms with Crippen LogP contribution in [0, 0.1) is 0 Å². The van der Waals surface area contributed by atoms with E-state index in [0.29, 0.717) is 0 Å². The van der Waals surface area contributed by atoms with Gasteiger partial charge in [-0.15, -0.1) is 0 Å². The van der Waals surface area contributed by atoms with Crippen LogP contribution in [0.5, 0.6) is 0 Å². The highest BCUT2D eigenvalue weighted by molar-refractivity contribution is 5.77. The Hall–Kier alpha value is -0.870. The lowest BCUT2D eigenvalue weighted by Gasteiger charge is -2.00. The molecule has 0 rings (SSSR count). The Bertz CT molecular complexity index is 155. The monoisotopic (exact) mass is 158 g/mol. The summed E-state index contributed by atoms with van der Waals surface area (Å²) in [4.78, 5) is 3.83. The maximum atomic E-state index is 8.83. The molecule has 64 valence electrons. The largest absolute Gasteiger partial charge is 0.404 e. The first-order valence-electron chi connectivity index (χ1n) is 3.38. The predicted molar refractivity (Wildman–Crippen MR) is 44.4 cm³/mol. The third-order valence-corrected chi connectivity index (χ3v) is 1.08. The minimum Gasteiger partial charge on any atom is -0.404 e. The molecular formula is C7H14N2O2. The summed E-state index contributed by atoms with van der Waals surface area (Å²) in [6.07, 6.45) is 2.21. The van der Waals surface area contributed by atoms with Crippen molar-refractivity contribution in [1.82, 2.24) is 0 Å². The van der Waals surface area contributed by atoms with Crippen LogP contribution in [0.3, 0.4) is 0 Å². The van der Waals surface area contributed by atoms with Gasteiger partial charge in [-0.3, -0.25) is 4.99 Å². The van der Waals surface area contributed by atoms with E-state index in [1.54, 1.807) is 13.1 Å². The summed E-state index contributed by atoms with van der Waals surface area (Å²) in [5.41, 5.74) is 5.99. The SMILES string of the molecule is CC(C=NC[C@H](O)CO)=CN. The first kappa shape index (κ1) is 10.1. The number of nitrogens with two attached hydrogens (primary N) is 1. The minimum atomic E-state index is -0.767. The Morgan fingerprint density at radius 2 is 2.36 bits per heavy atom. The summed E-state index contributed by atoms with van der Waals surface area (Å²) in [7, 11) is 0. The zero-order valence-electron chi connectivity index (χ0n) is 6.57. The van der Waals surface area contributed by atoms with E-state index in [1.165, 1.54) is 6.20 Å². The van der Waals surface area contributed by atoms with Crippen LogP contribution in [0.15, 0.2) is 16.8 Å². The number of allylic oxidation sites excluding steroid dienone is 1. The van der Waals surface area contributed by atoms with Crippen LogP contribution in [-0.4, -0.2) is 35.7 Å². The van der Waals surface area contributed by atoms with Crippen molar-refractivity contribution in [2.75, 3.05) is 13.2 Å². The molecule has 11 heavy (non-hydrogen) atoms. The summed E-state index contributed by atoms with van der Waals surface area (Å²) in [6.45, 7) is 1.75. The number of hydrogen-bond donors (Lipinski definition) is 3. The molecular weight excluding hydrogens is 144 g/mol. The maximum Gasteiger partial charge on any atom is 0.0965 e. The van der Waals surface area contributed by atoms with Gasteiger partial charge in [0.1, 0.15) is 0 Å². The summed E-state index contributed by atoms with van der Waals surface area (Å²) < 4.78 is 0. The molecule has 0 fully saturated rings. The van der Waals surface area contributed by atoms with Gasteiger partial charge in [0.15, 0.2) is 0 Å². The van der Waals surface area contributed by atoms with Crippen LogP contribution in [0.25, 0.3) is 0 Å². The molecule has 0 heterocycles. The fourth-order valence-electron chi connectivity index (χ4n) is 0.419. The van der Waals surface area contributed by atoms with Crippen LogP contribution in [0.4, 0.5) is 0 Å². The summed E-state index contributed by atoms with van der Waals surface area (Å²) in [5, 5.41) is 17.2. The normalized spacial score (nSPS) is 15.7. The topological polar surface area (TPSA) is 78.8 Å². The lowest BCUT2D eigenvalue weighted by Crippen LogP contribution is -2.15. The quantitative estimate of drug-likeness (QED) is 0.472. The number of aliphatic hydroxyl groups excluding tert-OH is 2. The molecule has 0 aromatic heterocycles. The zero-order chi connectivity index (χ0) is 8.69. The van der Waals surface area contributed by atoms with Crippen molar-refractivity contribution in [2.24, 2.45) is 10.7 Å². The molecule has 0 saturated heterocycles. The van der Waals surface area contributed by atoms with E-state index in [-0.39, 0.29) is 13.2 Å². The highest BCUT2D eigenvalue weighted by Gasteiger charge is 1.96. The molecule has 0 spiro atoms. The molecule has 0 saturated carbocycles. The number of rotatable bonds is 4. The van der Waals surface area contributed by atoms with Gasteiger partial charge in [0.05, 0.1) is 19.3 Å². The molecule has 0 unspecified atom stereocenters. The molecule has 0 aliphatic rings. The highest BCUT2D eigenvalue weighted by Crippen LogP contribution is 1.85. The Kier molecular flexibility index (Phi) is 5.42. The van der Waals surface area contributed by atoms with Crippen molar-refractivity contribution in [2.45, 2.75) is 13.0 Å². The first-order chi connectivity index (χ1) is 5.20. The first-order valence-corrected chi connectivity index (χ1v) is 3.38. The average molecular weight is 158 g/mol. The number of nitrogens with zero attached hydrogens (tertiary/aromatic N) is 1. The second kappa shape index (κ2) is 5.88. The fraction of sp³-hybridized carbons (Fsp3) is 0.571. The van der Waals surface area contributed by atoms with Gasteiger partial charge in [0.25, 0.3) is 0 Å². The molecule has 4 N–H and O–H groups in total. The maximum absolute atomic E-state index is 8.83. The van der Waals surface area contributed by atoms with Crippen LogP contribution < -0.4 is 5.73 Å². The molecule has 4 nitrogen and oxygen atoms in total. The predicted octanol–water partition coefficient (Wildman–Crippen LogP) is -0.727. The fourth-order valence-corrected chi connectivity index (χ4v) is 0.419. The van der Waals surface area contributed by atoms with Crippen molar-refractivity contribution in [3.63, 3.8) is 0 Å². The highest BCUT2D eigenvalue weighted by atomic mass is 16.3. The third kappa shape index (κ3) is 5.57. The molecule has 1 atom stereocenters. The molecule has 4 heteroatoms. The van der Waals surface area contributed by atoms with E-state index in [2.05, 4.69) is 4.99 Å². The molecule has 0 radical (unpaired) electrons. The van der Waals surface area contributed by atoms with Crippen LogP contribution in [0.1, 0.15) is 6.92 Å². The van der Waals surface area contributed by atoms with E-state index >= 15 is 0 Å². The molecule has 0 aromatic rings. The van der Waals surface area contributed by atoms with E-state index in [1.807, 2.05) is 0 Å². The van der Waals surface area contributed by atoms with Gasteiger partial charge in [-0.1, -0.05) is 0 Å². The molecule has 0 amide bonds. The Morgan fingerprint density at radius 3 is 2.82 bits per heavy atom. The molecule has 0 aliphatic heterocycles. The molecule has 0 aromatic carbocycles. The molecule has 0 aliphatic carbocycles. The number of aliphatic hydroxyl groups is 2. The Labute approximate surface area is 66.1 Å². The van der Waals surface area contributed by atoms with Crippen molar-refractivity contribution in [1.29, 1.82) is 0 Å². The minimum absolute atomic E-state index is 0.210. The van der Waals surface area contributed by atoms with Gasteiger partial charge in [-0.2, -0.15) is 0 Å². The zero-order valence-corrected chi connectivity index (χ0v) is 6.57. The van der Waals surface area contributed by atoms with E-state index < -0.39 is 6.10 Å². The van der Waals surface area contributed by atoms with Crippen molar-refractivity contribution < 1.29 is 10.2 Å². The van der Waals surface area contributed by atoms with Gasteiger partial charge in [-0.05, 0) is 18.7 Å². The molecule has 0 bridgehead atoms. The lowest BCUT2D eigenvalue weighted by molar-refractivity contribution is 0.102. The van der Waals surface area contributed by atoms with Crippen LogP contribution in [-0.2, 0) is 0 Å². The average Bonchev–Trinajstić information content (AvgIpc) is 2.04. The second-order valence-corrected chi connectivity index (χ2v) is 2.24. The van der Waals surface area contributed by atoms with Crippen LogP contribution in [0.2, 0.25) is 0 Å². The van der Waals surface area contributed by atoms with E-state index in [4.69, 9.17) is 15.9 Å². The third-order valence-electron chi connectivity index (χ3n) is 1.08. The van der Waals surface area contributed by atoms with Crippen molar-refractivity contribution in [3.05, 3.63) is 11.8 Å². The van der Waals surface area contributed by atoms with E-state index in [0.717, 1.165) is 5.57 Å². The van der Waals surface area contributed by atoms with Crippen molar-refractivity contribution in [3.8, 4) is 0 Å². The lowest BCUT2D eigenvalue weighted by atomic mass is 10.3. The number of hydrogen-bond acceptors (Lipinski definition) is 4.